The van der Waals surface area contributed by atoms with Crippen molar-refractivity contribution in [3.05, 3.63) is 0 Å². The molecule has 0 unspecified atom stereocenters. The van der Waals surface area contributed by atoms with Gasteiger partial charge >= 0.3 is 7.32 Å². The Bertz CT molecular complexity index is 85.3. The first-order valence-corrected chi connectivity index (χ1v) is 3.25. The van der Waals surface area contributed by atoms with Gasteiger partial charge in [-0.15, -0.1) is 0 Å². The Morgan fingerprint density at radius 2 is 1.33 bits per heavy atom. The minimum Gasteiger partial charge on any atom is -1.00 e. The largest absolute Gasteiger partial charge is 1.00 e. The molecular weight excluding hydrogens is 184 g/mol. The fourth-order valence-corrected chi connectivity index (χ4v) is 0.300. The Morgan fingerprint density at radius 3 is 1.33 bits per heavy atom. The second-order valence-corrected chi connectivity index (χ2v) is 3.08. The topological polar surface area (TPSA) is 80.9 Å². The van der Waals surface area contributed by atoms with Gasteiger partial charge in [-0.3, -0.25) is 0 Å². The summed E-state index contributed by atoms with van der Waals surface area (Å²) in [5.74, 6) is 0. The van der Waals surface area contributed by atoms with E-state index in [2.05, 4.69) is 21.1 Å². The first-order chi connectivity index (χ1) is 4.79. The smallest absolute Gasteiger partial charge is 0.631 e. The predicted molar refractivity (Wildman–Crippen MR) is 42.4 cm³/mol. The molecule has 76 valence electrons. The summed E-state index contributed by atoms with van der Waals surface area (Å²) < 4.78 is 0.844. The molecule has 0 spiro atoms. The molecule has 0 aliphatic carbocycles. The van der Waals surface area contributed by atoms with Gasteiger partial charge in [-0.1, -0.05) is 0 Å². The maximum absolute atomic E-state index is 8.39. The number of hydrogen-bond donors (Lipinski definition) is 4. The van der Waals surface area contributed by atoms with Crippen molar-refractivity contribution in [3.8, 4) is 0 Å². The molecule has 0 aliphatic rings. The fourth-order valence-electron chi connectivity index (χ4n) is 0.300. The first-order valence-electron chi connectivity index (χ1n) is 3.25. The maximum atomic E-state index is 8.39. The van der Waals surface area contributed by atoms with Crippen LogP contribution in [0.2, 0.25) is 0 Å². The zero-order valence-corrected chi connectivity index (χ0v) is 8.36. The first kappa shape index (κ1) is 18.0. The molecule has 12 heavy (non-hydrogen) atoms. The molecule has 0 aromatic carbocycles. The fraction of sp³-hybridized carbons (Fsp3) is 1.00. The van der Waals surface area contributed by atoms with Crippen LogP contribution in [0, 0.1) is 0 Å². The normalized spacial score (nSPS) is 9.25. The molecule has 7 heteroatoms. The third kappa shape index (κ3) is 49.3. The molecule has 0 rings (SSSR count). The van der Waals surface area contributed by atoms with Gasteiger partial charge in [0.05, 0.1) is 27.7 Å². The zero-order valence-electron chi connectivity index (χ0n) is 7.61. The highest BCUT2D eigenvalue weighted by molar-refractivity contribution is 6.30. The van der Waals surface area contributed by atoms with E-state index in [1.54, 1.807) is 0 Å². The van der Waals surface area contributed by atoms with Crippen molar-refractivity contribution in [1.82, 2.24) is 0 Å². The van der Waals surface area contributed by atoms with Gasteiger partial charge in [0.2, 0.25) is 0 Å². The number of halogens is 1. The van der Waals surface area contributed by atoms with Gasteiger partial charge in [0.15, 0.2) is 0 Å². The van der Waals surface area contributed by atoms with Crippen LogP contribution < -0.4 is 12.4 Å². The third-order valence-electron chi connectivity index (χ3n) is 0.771. The van der Waals surface area contributed by atoms with Crippen molar-refractivity contribution in [2.45, 2.75) is 0 Å². The van der Waals surface area contributed by atoms with E-state index in [-0.39, 0.29) is 19.0 Å². The minimum absolute atomic E-state index is 0. The van der Waals surface area contributed by atoms with Gasteiger partial charge in [-0.2, -0.15) is 0 Å². The number of aliphatic hydroxyl groups excluding tert-OH is 1. The summed E-state index contributed by atoms with van der Waals surface area (Å²) in [7, 11) is 3.99. The number of quaternary nitrogens is 1. The van der Waals surface area contributed by atoms with Gasteiger partial charge in [0.25, 0.3) is 0 Å². The van der Waals surface area contributed by atoms with Crippen molar-refractivity contribution in [3.63, 3.8) is 0 Å². The van der Waals surface area contributed by atoms with Crippen molar-refractivity contribution >= 4 is 7.32 Å². The van der Waals surface area contributed by atoms with Crippen molar-refractivity contribution < 1.29 is 37.1 Å². The molecule has 5 nitrogen and oxygen atoms in total. The Kier molecular flexibility index (Phi) is 13.9. The number of likely N-dealkylation sites (N-methyl/N-ethyl adjacent to an activating group) is 1. The molecule has 0 amide bonds. The third-order valence-corrected chi connectivity index (χ3v) is 0.771. The summed E-state index contributed by atoms with van der Waals surface area (Å²) in [4.78, 5) is 0. The minimum atomic E-state index is -2.17. The molecule has 0 aromatic rings. The summed E-state index contributed by atoms with van der Waals surface area (Å²) in [6, 6.07) is 0. The van der Waals surface area contributed by atoms with Crippen LogP contribution in [0.1, 0.15) is 0 Å². The van der Waals surface area contributed by atoms with E-state index >= 15 is 0 Å². The molecule has 4 N–H and O–H groups in total. The number of aliphatic hydroxyl groups is 1. The van der Waals surface area contributed by atoms with E-state index in [9.17, 15) is 0 Å². The summed E-state index contributed by atoms with van der Waals surface area (Å²) in [6.45, 7) is 1.11. The van der Waals surface area contributed by atoms with Gasteiger partial charge in [0.1, 0.15) is 6.54 Å². The second-order valence-electron chi connectivity index (χ2n) is 3.08. The highest BCUT2D eigenvalue weighted by Crippen LogP contribution is 1.84. The molecule has 0 bridgehead atoms. The standard InChI is InChI=1S/C5H14NO.BH3O3.ClH/c1-6(2,3)4-5-7;2-1(3)4;/h7H,4-5H2,1-3H3;2-4H;1H/q+1;;/p-1. The highest BCUT2D eigenvalue weighted by Gasteiger charge is 2.02. The zero-order chi connectivity index (χ0) is 9.49. The van der Waals surface area contributed by atoms with Crippen LogP contribution in [0.25, 0.3) is 0 Å². The SMILES string of the molecule is C[N+](C)(C)CCO.OB(O)O.[Cl-]. The Balaban J connectivity index is -0.000000142. The lowest BCUT2D eigenvalue weighted by Crippen LogP contribution is -3.00. The summed E-state index contributed by atoms with van der Waals surface area (Å²) >= 11 is 0. The van der Waals surface area contributed by atoms with Crippen LogP contribution in [-0.2, 0) is 0 Å². The van der Waals surface area contributed by atoms with Crippen molar-refractivity contribution in [1.29, 1.82) is 0 Å². The van der Waals surface area contributed by atoms with E-state index < -0.39 is 7.32 Å². The van der Waals surface area contributed by atoms with Crippen LogP contribution in [0.5, 0.6) is 0 Å². The molecule has 0 heterocycles. The molecule has 0 radical (unpaired) electrons. The second kappa shape index (κ2) is 9.24. The number of rotatable bonds is 2. The summed E-state index contributed by atoms with van der Waals surface area (Å²) in [5, 5.41) is 29.9. The molecule has 0 saturated heterocycles. The van der Waals surface area contributed by atoms with Gasteiger partial charge in [0, 0.05) is 0 Å². The van der Waals surface area contributed by atoms with Crippen molar-refractivity contribution in [2.24, 2.45) is 0 Å². The Morgan fingerprint density at radius 1 is 1.08 bits per heavy atom. The average Bonchev–Trinajstić information content (AvgIpc) is 1.58. The van der Waals surface area contributed by atoms with Crippen LogP contribution in [0.3, 0.4) is 0 Å². The Hall–Kier alpha value is 0.155. The van der Waals surface area contributed by atoms with Crippen LogP contribution in [-0.4, -0.2) is 66.3 Å². The van der Waals surface area contributed by atoms with Gasteiger partial charge in [-0.25, -0.2) is 0 Å². The molecule has 0 aliphatic heterocycles. The Labute approximate surface area is 79.4 Å². The number of hydrogen-bond acceptors (Lipinski definition) is 4. The van der Waals surface area contributed by atoms with Gasteiger partial charge in [-0.05, 0) is 0 Å². The summed E-state index contributed by atoms with van der Waals surface area (Å²) in [5.41, 5.74) is 0. The lowest BCUT2D eigenvalue weighted by atomic mass is 10.3. The van der Waals surface area contributed by atoms with Crippen LogP contribution >= 0.6 is 0 Å². The highest BCUT2D eigenvalue weighted by atomic mass is 35.5. The average molecular weight is 201 g/mol. The lowest BCUT2D eigenvalue weighted by molar-refractivity contribution is -0.870. The van der Waals surface area contributed by atoms with E-state index in [0.717, 1.165) is 11.0 Å². The molecule has 0 atom stereocenters. The monoisotopic (exact) mass is 201 g/mol. The quantitative estimate of drug-likeness (QED) is 0.266. The van der Waals surface area contributed by atoms with Crippen LogP contribution in [0.15, 0.2) is 0 Å². The number of nitrogens with zero attached hydrogens (tertiary/aromatic N) is 1. The van der Waals surface area contributed by atoms with Crippen LogP contribution in [0.4, 0.5) is 0 Å². The summed E-state index contributed by atoms with van der Waals surface area (Å²) in [6.07, 6.45) is 0. The predicted octanol–water partition coefficient (Wildman–Crippen LogP) is -5.36. The molecule has 0 saturated carbocycles. The molecule has 0 fully saturated rings. The van der Waals surface area contributed by atoms with E-state index in [1.165, 1.54) is 0 Å². The maximum Gasteiger partial charge on any atom is 0.631 e. The van der Waals surface area contributed by atoms with Crippen molar-refractivity contribution in [2.75, 3.05) is 34.3 Å². The molecule has 0 aromatic heterocycles. The van der Waals surface area contributed by atoms with Gasteiger partial charge < -0.3 is 37.1 Å². The van der Waals surface area contributed by atoms with E-state index in [4.69, 9.17) is 20.2 Å². The van der Waals surface area contributed by atoms with E-state index in [1.807, 2.05) is 0 Å². The molecular formula is C5H17BClNO4. The van der Waals surface area contributed by atoms with E-state index in [0.29, 0.717) is 0 Å². The lowest BCUT2D eigenvalue weighted by Gasteiger charge is -2.21.